The molecule has 40 heavy (non-hydrogen) atoms. The lowest BCUT2D eigenvalue weighted by atomic mass is 9.50. The molecule has 1 N–H and O–H groups in total. The van der Waals surface area contributed by atoms with E-state index < -0.39 is 16.9 Å². The molecule has 0 bridgehead atoms. The number of carbonyl (C=O) groups excluding carboxylic acids is 1. The lowest BCUT2D eigenvalue weighted by Gasteiger charge is -2.55. The van der Waals surface area contributed by atoms with Crippen molar-refractivity contribution in [3.05, 3.63) is 81.4 Å². The van der Waals surface area contributed by atoms with E-state index in [2.05, 4.69) is 57.2 Å². The van der Waals surface area contributed by atoms with E-state index in [9.17, 15) is 9.90 Å². The van der Waals surface area contributed by atoms with Gasteiger partial charge in [-0.3, -0.25) is 4.79 Å². The first kappa shape index (κ1) is 27.2. The molecule has 208 valence electrons. The Hall–Kier alpha value is -3.03. The molecule has 0 aromatic heterocycles. The molecule has 2 saturated carbocycles. The maximum atomic E-state index is 15.3. The first-order valence-electron chi connectivity index (χ1n) is 14.6. The number of ketones is 1. The topological polar surface area (TPSA) is 37.3 Å². The summed E-state index contributed by atoms with van der Waals surface area (Å²) in [7, 11) is 0. The van der Waals surface area contributed by atoms with Gasteiger partial charge in [0.1, 0.15) is 5.60 Å². The molecule has 0 aliphatic heterocycles. The van der Waals surface area contributed by atoms with Gasteiger partial charge in [-0.15, -0.1) is 6.42 Å². The van der Waals surface area contributed by atoms with Gasteiger partial charge in [-0.2, -0.15) is 8.78 Å². The molecule has 2 aromatic rings. The zero-order valence-corrected chi connectivity index (χ0v) is 23.9. The average Bonchev–Trinajstić information content (AvgIpc) is 3.19. The number of benzene rings is 2. The van der Waals surface area contributed by atoms with Crippen LogP contribution in [0.4, 0.5) is 8.78 Å². The Morgan fingerprint density at radius 3 is 2.35 bits per heavy atom. The van der Waals surface area contributed by atoms with Gasteiger partial charge in [-0.25, -0.2) is 0 Å². The first-order valence-corrected chi connectivity index (χ1v) is 14.6. The molecule has 3 unspecified atom stereocenters. The lowest BCUT2D eigenvalue weighted by molar-refractivity contribution is -0.209. The lowest BCUT2D eigenvalue weighted by Crippen LogP contribution is -2.59. The molecule has 2 fully saturated rings. The van der Waals surface area contributed by atoms with Crippen molar-refractivity contribution in [3.8, 4) is 23.5 Å². The number of allylic oxidation sites excluding steroid dienone is 4. The van der Waals surface area contributed by atoms with Crippen molar-refractivity contribution < 1.29 is 18.7 Å². The Bertz CT molecular complexity index is 1480. The Morgan fingerprint density at radius 2 is 1.70 bits per heavy atom. The van der Waals surface area contributed by atoms with Crippen molar-refractivity contribution in [1.82, 2.24) is 0 Å². The van der Waals surface area contributed by atoms with Crippen LogP contribution in [0.25, 0.3) is 11.1 Å². The first-order chi connectivity index (χ1) is 18.9. The second-order valence-electron chi connectivity index (χ2n) is 13.0. The number of terminal acetylenes is 1. The number of carbonyl (C=O) groups is 1. The standard InChI is InChI=1S/C36H38F2O2/c1-6-36(37,38)35(40)16-15-31-29-13-11-26-19-27(39)12-14-28(26)33(29)30(20-34(31,35)5)24-7-9-25(10-8-24)32-22(3)17-21(2)18-23(32)4/h1,7-10,17-19,29-31,40H,11-16,20H2,2-5H3/t29?,30?,31?,34-,35-/m0/s1. The van der Waals surface area contributed by atoms with Crippen LogP contribution in [0, 0.1) is 50.4 Å². The zero-order valence-electron chi connectivity index (χ0n) is 23.9. The SMILES string of the molecule is C#CC(F)(F)[C@]1(O)CCC2C3CCC4=CC(=O)CCC4=C3C(c3ccc(-c4c(C)cc(C)cc4C)cc3)C[C@@]21C. The molecule has 5 atom stereocenters. The molecule has 4 heteroatoms. The summed E-state index contributed by atoms with van der Waals surface area (Å²) in [4.78, 5) is 12.3. The van der Waals surface area contributed by atoms with E-state index >= 15 is 8.78 Å². The molecule has 4 aliphatic carbocycles. The van der Waals surface area contributed by atoms with Gasteiger partial charge in [0, 0.05) is 17.8 Å². The van der Waals surface area contributed by atoms with Crippen LogP contribution in [0.5, 0.6) is 0 Å². The van der Waals surface area contributed by atoms with E-state index in [0.29, 0.717) is 25.7 Å². The summed E-state index contributed by atoms with van der Waals surface area (Å²) < 4.78 is 30.6. The number of rotatable bonds is 3. The smallest absolute Gasteiger partial charge is 0.336 e. The predicted octanol–water partition coefficient (Wildman–Crippen LogP) is 8.18. The van der Waals surface area contributed by atoms with E-state index in [1.807, 2.05) is 13.0 Å². The summed E-state index contributed by atoms with van der Waals surface area (Å²) in [6, 6.07) is 13.0. The van der Waals surface area contributed by atoms with Crippen LogP contribution in [0.3, 0.4) is 0 Å². The average molecular weight is 541 g/mol. The van der Waals surface area contributed by atoms with Crippen LogP contribution in [0.15, 0.2) is 59.2 Å². The fourth-order valence-electron chi connectivity index (χ4n) is 9.12. The number of aliphatic hydroxyl groups is 1. The highest BCUT2D eigenvalue weighted by Crippen LogP contribution is 2.69. The van der Waals surface area contributed by atoms with E-state index in [1.165, 1.54) is 33.4 Å². The Labute approximate surface area is 236 Å². The van der Waals surface area contributed by atoms with Crippen LogP contribution in [0.1, 0.15) is 80.0 Å². The third-order valence-electron chi connectivity index (χ3n) is 10.9. The van der Waals surface area contributed by atoms with Gasteiger partial charge < -0.3 is 5.11 Å². The normalized spacial score (nSPS) is 31.7. The molecule has 2 aromatic carbocycles. The predicted molar refractivity (Wildman–Crippen MR) is 155 cm³/mol. The summed E-state index contributed by atoms with van der Waals surface area (Å²) in [5, 5.41) is 11.7. The molecule has 0 amide bonds. The Balaban J connectivity index is 1.49. The van der Waals surface area contributed by atoms with Crippen molar-refractivity contribution in [2.75, 3.05) is 0 Å². The number of halogens is 2. The number of alkyl halides is 2. The highest BCUT2D eigenvalue weighted by molar-refractivity contribution is 5.93. The van der Waals surface area contributed by atoms with E-state index in [0.717, 1.165) is 29.5 Å². The Morgan fingerprint density at radius 1 is 1.02 bits per heavy atom. The second kappa shape index (κ2) is 9.25. The molecular formula is C36H38F2O2. The van der Waals surface area contributed by atoms with E-state index in [4.69, 9.17) is 6.42 Å². The molecular weight excluding hydrogens is 502 g/mol. The van der Waals surface area contributed by atoms with Gasteiger partial charge in [0.25, 0.3) is 0 Å². The van der Waals surface area contributed by atoms with Crippen LogP contribution < -0.4 is 0 Å². The minimum absolute atomic E-state index is 0.00327. The van der Waals surface area contributed by atoms with Gasteiger partial charge in [-0.1, -0.05) is 54.5 Å². The highest BCUT2D eigenvalue weighted by atomic mass is 19.3. The number of fused-ring (bicyclic) bond motifs is 4. The van der Waals surface area contributed by atoms with Crippen molar-refractivity contribution in [3.63, 3.8) is 0 Å². The van der Waals surface area contributed by atoms with Crippen molar-refractivity contribution in [2.45, 2.75) is 90.1 Å². The van der Waals surface area contributed by atoms with Crippen LogP contribution >= 0.6 is 0 Å². The van der Waals surface area contributed by atoms with Gasteiger partial charge in [0.05, 0.1) is 0 Å². The number of hydrogen-bond acceptors (Lipinski definition) is 2. The fraction of sp³-hybridized carbons (Fsp3) is 0.472. The largest absolute Gasteiger partial charge is 0.382 e. The van der Waals surface area contributed by atoms with Gasteiger partial charge in [0.15, 0.2) is 5.78 Å². The zero-order chi connectivity index (χ0) is 28.6. The summed E-state index contributed by atoms with van der Waals surface area (Å²) >= 11 is 0. The van der Waals surface area contributed by atoms with Gasteiger partial charge in [-0.05, 0) is 122 Å². The second-order valence-corrected chi connectivity index (χ2v) is 13.0. The van der Waals surface area contributed by atoms with Crippen LogP contribution in [-0.4, -0.2) is 22.4 Å². The molecule has 6 rings (SSSR count). The molecule has 0 saturated heterocycles. The van der Waals surface area contributed by atoms with E-state index in [-0.39, 0.29) is 30.0 Å². The minimum Gasteiger partial charge on any atom is -0.382 e. The maximum absolute atomic E-state index is 15.3. The third-order valence-corrected chi connectivity index (χ3v) is 10.9. The third kappa shape index (κ3) is 3.81. The van der Waals surface area contributed by atoms with Crippen LogP contribution in [0.2, 0.25) is 0 Å². The number of hydrogen-bond donors (Lipinski definition) is 1. The summed E-state index contributed by atoms with van der Waals surface area (Å²) in [6.07, 6.45) is 10.9. The fourth-order valence-corrected chi connectivity index (χ4v) is 9.12. The van der Waals surface area contributed by atoms with Gasteiger partial charge in [0.2, 0.25) is 0 Å². The highest BCUT2D eigenvalue weighted by Gasteiger charge is 2.71. The van der Waals surface area contributed by atoms with Crippen LogP contribution in [-0.2, 0) is 4.79 Å². The summed E-state index contributed by atoms with van der Waals surface area (Å²) in [5.74, 6) is -1.88. The van der Waals surface area contributed by atoms with Crippen molar-refractivity contribution in [2.24, 2.45) is 17.3 Å². The summed E-state index contributed by atoms with van der Waals surface area (Å²) in [5.41, 5.74) is 7.55. The number of aryl methyl sites for hydroxylation is 3. The molecule has 2 nitrogen and oxygen atoms in total. The molecule has 4 aliphatic rings. The van der Waals surface area contributed by atoms with E-state index in [1.54, 1.807) is 5.92 Å². The van der Waals surface area contributed by atoms with Crippen molar-refractivity contribution in [1.29, 1.82) is 0 Å². The molecule has 0 heterocycles. The monoisotopic (exact) mass is 540 g/mol. The maximum Gasteiger partial charge on any atom is 0.336 e. The molecule has 0 spiro atoms. The molecule has 0 radical (unpaired) electrons. The quantitative estimate of drug-likeness (QED) is 0.399. The van der Waals surface area contributed by atoms with Gasteiger partial charge >= 0.3 is 5.92 Å². The van der Waals surface area contributed by atoms with Crippen molar-refractivity contribution >= 4 is 5.78 Å². The Kier molecular flexibility index (Phi) is 6.28. The summed E-state index contributed by atoms with van der Waals surface area (Å²) in [6.45, 7) is 8.23. The minimum atomic E-state index is -3.60.